The van der Waals surface area contributed by atoms with Gasteiger partial charge in [-0.3, -0.25) is 0 Å². The minimum absolute atomic E-state index is 0.0544. The molecule has 0 aliphatic carbocycles. The fourth-order valence-electron chi connectivity index (χ4n) is 3.57. The molecule has 140 valence electrons. The van der Waals surface area contributed by atoms with E-state index in [2.05, 4.69) is 94.3 Å². The molecule has 0 bridgehead atoms. The molecule has 0 fully saturated rings. The zero-order valence-corrected chi connectivity index (χ0v) is 21.5. The van der Waals surface area contributed by atoms with Gasteiger partial charge in [-0.15, -0.1) is 0 Å². The largest absolute Gasteiger partial charge is 0.436 e. The number of rotatable bonds is 7. The lowest BCUT2D eigenvalue weighted by Gasteiger charge is -2.60. The molecule has 1 unspecified atom stereocenters. The van der Waals surface area contributed by atoms with Crippen LogP contribution in [0.3, 0.4) is 0 Å². The molecule has 0 saturated heterocycles. The van der Waals surface area contributed by atoms with Crippen molar-refractivity contribution in [3.63, 3.8) is 0 Å². The highest BCUT2D eigenvalue weighted by molar-refractivity contribution is 6.89. The van der Waals surface area contributed by atoms with Crippen LogP contribution in [0.25, 0.3) is 0 Å². The predicted octanol–water partition coefficient (Wildman–Crippen LogP) is 7.00. The highest BCUT2D eigenvalue weighted by atomic mass is 28.5. The van der Waals surface area contributed by atoms with Gasteiger partial charge in [0.2, 0.25) is 0 Å². The van der Waals surface area contributed by atoms with Gasteiger partial charge in [-0.25, -0.2) is 0 Å². The van der Waals surface area contributed by atoms with Gasteiger partial charge in [0.15, 0.2) is 16.6 Å². The van der Waals surface area contributed by atoms with E-state index in [0.717, 1.165) is 6.42 Å². The maximum Gasteiger partial charge on any atom is 0.321 e. The maximum absolute atomic E-state index is 6.93. The Bertz CT molecular complexity index is 384. The second-order valence-electron chi connectivity index (χ2n) is 10.9. The standard InChI is InChI=1S/C18H44O2Si3/c1-15-18(7,17(5,6)16(2,3)4)23(14,19-21(8,9)10)20-22(11,12)13/h15H2,1-14H3. The highest BCUT2D eigenvalue weighted by Gasteiger charge is 2.62. The van der Waals surface area contributed by atoms with Gasteiger partial charge in [0.25, 0.3) is 0 Å². The van der Waals surface area contributed by atoms with Crippen LogP contribution in [-0.2, 0) is 8.23 Å². The first kappa shape index (κ1) is 23.6. The average molecular weight is 377 g/mol. The van der Waals surface area contributed by atoms with Crippen molar-refractivity contribution in [2.45, 2.75) is 106 Å². The lowest BCUT2D eigenvalue weighted by molar-refractivity contribution is 0.0487. The zero-order chi connectivity index (χ0) is 19.1. The Kier molecular flexibility index (Phi) is 6.87. The SMILES string of the molecule is CCC(C)(C(C)(C)C(C)(C)C)[Si](C)(O[Si](C)(C)C)O[Si](C)(C)C. The van der Waals surface area contributed by atoms with E-state index in [9.17, 15) is 0 Å². The summed E-state index contributed by atoms with van der Waals surface area (Å²) < 4.78 is 13.9. The summed E-state index contributed by atoms with van der Waals surface area (Å²) in [6.45, 7) is 32.8. The lowest BCUT2D eigenvalue weighted by Crippen LogP contribution is -2.64. The minimum atomic E-state index is -2.40. The van der Waals surface area contributed by atoms with E-state index in [1.54, 1.807) is 0 Å². The monoisotopic (exact) mass is 376 g/mol. The molecule has 0 aliphatic rings. The lowest BCUT2D eigenvalue weighted by atomic mass is 9.61. The second-order valence-corrected chi connectivity index (χ2v) is 24.0. The Hall–Kier alpha value is 0.571. The topological polar surface area (TPSA) is 18.5 Å². The van der Waals surface area contributed by atoms with Gasteiger partial charge in [-0.05, 0) is 63.1 Å². The van der Waals surface area contributed by atoms with E-state index < -0.39 is 25.2 Å². The first-order valence-electron chi connectivity index (χ1n) is 9.13. The van der Waals surface area contributed by atoms with Gasteiger partial charge >= 0.3 is 8.56 Å². The molecule has 2 nitrogen and oxygen atoms in total. The normalized spacial score (nSPS) is 18.0. The van der Waals surface area contributed by atoms with Crippen molar-refractivity contribution < 1.29 is 8.23 Å². The smallest absolute Gasteiger partial charge is 0.321 e. The molecule has 0 rings (SSSR count). The third-order valence-corrected chi connectivity index (χ3v) is 17.0. The molecule has 0 N–H and O–H groups in total. The summed E-state index contributed by atoms with van der Waals surface area (Å²) in [5.41, 5.74) is 0.312. The van der Waals surface area contributed by atoms with Crippen molar-refractivity contribution in [3.8, 4) is 0 Å². The molecule has 0 aromatic carbocycles. The van der Waals surface area contributed by atoms with E-state index in [4.69, 9.17) is 8.23 Å². The third-order valence-electron chi connectivity index (χ3n) is 5.97. The van der Waals surface area contributed by atoms with E-state index in [-0.39, 0.29) is 15.9 Å². The summed E-state index contributed by atoms with van der Waals surface area (Å²) in [7, 11) is -5.79. The van der Waals surface area contributed by atoms with Crippen LogP contribution in [0, 0.1) is 10.8 Å². The molecule has 0 heterocycles. The van der Waals surface area contributed by atoms with Crippen LogP contribution in [0.5, 0.6) is 0 Å². The van der Waals surface area contributed by atoms with E-state index >= 15 is 0 Å². The molecule has 0 aromatic rings. The van der Waals surface area contributed by atoms with Gasteiger partial charge < -0.3 is 8.23 Å². The Labute approximate surface area is 150 Å². The molecule has 0 radical (unpaired) electrons. The van der Waals surface area contributed by atoms with E-state index in [1.807, 2.05) is 0 Å². The molecule has 0 saturated carbocycles. The zero-order valence-electron chi connectivity index (χ0n) is 18.5. The van der Waals surface area contributed by atoms with Crippen LogP contribution < -0.4 is 0 Å². The van der Waals surface area contributed by atoms with Crippen LogP contribution in [0.1, 0.15) is 54.9 Å². The molecule has 0 aromatic heterocycles. The minimum Gasteiger partial charge on any atom is -0.436 e. The molecule has 1 atom stereocenters. The van der Waals surface area contributed by atoms with Crippen LogP contribution in [-0.4, -0.2) is 25.2 Å². The van der Waals surface area contributed by atoms with Crippen molar-refractivity contribution in [3.05, 3.63) is 0 Å². The van der Waals surface area contributed by atoms with Crippen LogP contribution >= 0.6 is 0 Å². The second kappa shape index (κ2) is 6.71. The van der Waals surface area contributed by atoms with E-state index in [0.29, 0.717) is 0 Å². The predicted molar refractivity (Wildman–Crippen MR) is 112 cm³/mol. The molecular formula is C18H44O2Si3. The molecule has 0 aliphatic heterocycles. The van der Waals surface area contributed by atoms with Crippen molar-refractivity contribution in [2.75, 3.05) is 0 Å². The van der Waals surface area contributed by atoms with Gasteiger partial charge in [-0.1, -0.05) is 48.5 Å². The molecule has 23 heavy (non-hydrogen) atoms. The summed E-state index contributed by atoms with van der Waals surface area (Å²) in [4.78, 5) is 0. The Morgan fingerprint density at radius 1 is 0.652 bits per heavy atom. The maximum atomic E-state index is 6.93. The highest BCUT2D eigenvalue weighted by Crippen LogP contribution is 2.63. The summed E-state index contributed by atoms with van der Waals surface area (Å²) in [6, 6.07) is 0. The fraction of sp³-hybridized carbons (Fsp3) is 1.00. The fourth-order valence-corrected chi connectivity index (χ4v) is 17.4. The molecule has 0 spiro atoms. The Morgan fingerprint density at radius 3 is 1.13 bits per heavy atom. The van der Waals surface area contributed by atoms with Crippen LogP contribution in [0.15, 0.2) is 0 Å². The first-order valence-corrected chi connectivity index (χ1v) is 18.3. The Morgan fingerprint density at radius 2 is 0.957 bits per heavy atom. The average Bonchev–Trinajstić information content (AvgIpc) is 2.20. The third kappa shape index (κ3) is 5.27. The first-order chi connectivity index (χ1) is 9.72. The molecule has 0 amide bonds. The summed E-state index contributed by atoms with van der Waals surface area (Å²) in [6.07, 6.45) is 1.09. The number of hydrogen-bond acceptors (Lipinski definition) is 2. The van der Waals surface area contributed by atoms with Crippen molar-refractivity contribution in [2.24, 2.45) is 10.8 Å². The Balaban J connectivity index is 6.30. The van der Waals surface area contributed by atoms with E-state index in [1.165, 1.54) is 0 Å². The van der Waals surface area contributed by atoms with Gasteiger partial charge in [0, 0.05) is 5.04 Å². The van der Waals surface area contributed by atoms with Crippen LogP contribution in [0.4, 0.5) is 0 Å². The van der Waals surface area contributed by atoms with Crippen LogP contribution in [0.2, 0.25) is 50.9 Å². The van der Waals surface area contributed by atoms with Crippen molar-refractivity contribution in [1.82, 2.24) is 0 Å². The quantitative estimate of drug-likeness (QED) is 0.445. The molecular weight excluding hydrogens is 332 g/mol. The molecule has 5 heteroatoms. The summed E-state index contributed by atoms with van der Waals surface area (Å²) in [5.74, 6) is 0. The van der Waals surface area contributed by atoms with Gasteiger partial charge in [0.05, 0.1) is 0 Å². The van der Waals surface area contributed by atoms with Crippen molar-refractivity contribution >= 4 is 25.2 Å². The summed E-state index contributed by atoms with van der Waals surface area (Å²) in [5, 5.41) is 0.0544. The van der Waals surface area contributed by atoms with Crippen molar-refractivity contribution in [1.29, 1.82) is 0 Å². The summed E-state index contributed by atoms with van der Waals surface area (Å²) >= 11 is 0. The van der Waals surface area contributed by atoms with Gasteiger partial charge in [0.1, 0.15) is 0 Å². The number of hydrogen-bond donors (Lipinski definition) is 0. The van der Waals surface area contributed by atoms with Gasteiger partial charge in [-0.2, -0.15) is 0 Å².